The minimum atomic E-state index is 0. The van der Waals surface area contributed by atoms with E-state index in [9.17, 15) is 0 Å². The third kappa shape index (κ3) is 7.91. The number of benzene rings is 2. The van der Waals surface area contributed by atoms with Gasteiger partial charge >= 0.3 is 0 Å². The minimum absolute atomic E-state index is 0. The first-order valence-electron chi connectivity index (χ1n) is 10.7. The fourth-order valence-corrected chi connectivity index (χ4v) is 3.69. The van der Waals surface area contributed by atoms with Crippen molar-refractivity contribution < 1.29 is 14.2 Å². The second-order valence-electron chi connectivity index (χ2n) is 7.49. The van der Waals surface area contributed by atoms with E-state index >= 15 is 0 Å². The molecule has 1 atom stereocenters. The van der Waals surface area contributed by atoms with Gasteiger partial charge in [0, 0.05) is 40.3 Å². The van der Waals surface area contributed by atoms with Crippen molar-refractivity contribution in [3.8, 4) is 5.75 Å². The lowest BCUT2D eigenvalue weighted by atomic mass is 10.0. The normalized spacial score (nSPS) is 15.5. The van der Waals surface area contributed by atoms with Crippen molar-refractivity contribution in [1.29, 1.82) is 0 Å². The number of guanidine groups is 1. The highest BCUT2D eigenvalue weighted by atomic mass is 127. The maximum absolute atomic E-state index is 5.55. The molecule has 1 aliphatic rings. The number of hydrogen-bond donors (Lipinski definition) is 2. The van der Waals surface area contributed by atoms with Crippen LogP contribution in [0.15, 0.2) is 53.5 Å². The summed E-state index contributed by atoms with van der Waals surface area (Å²) >= 11 is 0. The summed E-state index contributed by atoms with van der Waals surface area (Å²) in [6, 6.07) is 16.9. The van der Waals surface area contributed by atoms with Crippen molar-refractivity contribution >= 4 is 29.9 Å². The Hall–Kier alpha value is -1.88. The van der Waals surface area contributed by atoms with Crippen LogP contribution in [0.5, 0.6) is 5.75 Å². The highest BCUT2D eigenvalue weighted by Gasteiger charge is 2.23. The van der Waals surface area contributed by atoms with Gasteiger partial charge in [0.2, 0.25) is 0 Å². The van der Waals surface area contributed by atoms with Crippen molar-refractivity contribution in [2.24, 2.45) is 4.99 Å². The van der Waals surface area contributed by atoms with Crippen molar-refractivity contribution in [2.75, 3.05) is 54.1 Å². The smallest absolute Gasteiger partial charge is 0.191 e. The molecule has 176 valence electrons. The van der Waals surface area contributed by atoms with E-state index in [-0.39, 0.29) is 30.0 Å². The van der Waals surface area contributed by atoms with E-state index in [2.05, 4.69) is 56.9 Å². The lowest BCUT2D eigenvalue weighted by Gasteiger charge is -2.35. The zero-order chi connectivity index (χ0) is 21.9. The van der Waals surface area contributed by atoms with Gasteiger partial charge in [-0.15, -0.1) is 24.0 Å². The first kappa shape index (κ1) is 26.4. The van der Waals surface area contributed by atoms with Gasteiger partial charge in [0.1, 0.15) is 5.75 Å². The number of morpholine rings is 1. The highest BCUT2D eigenvalue weighted by molar-refractivity contribution is 14.0. The predicted molar refractivity (Wildman–Crippen MR) is 139 cm³/mol. The molecule has 8 heteroatoms. The number of nitrogens with one attached hydrogen (secondary N) is 2. The molecular formula is C24H35IN4O3. The first-order chi connectivity index (χ1) is 15.2. The average Bonchev–Trinajstić information content (AvgIpc) is 2.83. The summed E-state index contributed by atoms with van der Waals surface area (Å²) in [5.41, 5.74) is 3.61. The summed E-state index contributed by atoms with van der Waals surface area (Å²) in [5, 5.41) is 6.91. The van der Waals surface area contributed by atoms with E-state index in [0.717, 1.165) is 44.6 Å². The fourth-order valence-electron chi connectivity index (χ4n) is 3.69. The summed E-state index contributed by atoms with van der Waals surface area (Å²) in [4.78, 5) is 6.86. The molecule has 1 unspecified atom stereocenters. The van der Waals surface area contributed by atoms with Crippen LogP contribution in [-0.2, 0) is 22.6 Å². The molecule has 0 aliphatic carbocycles. The molecule has 32 heavy (non-hydrogen) atoms. The van der Waals surface area contributed by atoms with Crippen LogP contribution in [0.4, 0.5) is 0 Å². The predicted octanol–water partition coefficient (Wildman–Crippen LogP) is 3.20. The molecule has 0 aromatic heterocycles. The second kappa shape index (κ2) is 14.3. The summed E-state index contributed by atoms with van der Waals surface area (Å²) in [6.07, 6.45) is 0. The van der Waals surface area contributed by atoms with Gasteiger partial charge in [0.05, 0.1) is 33.0 Å². The van der Waals surface area contributed by atoms with E-state index in [4.69, 9.17) is 14.2 Å². The Morgan fingerprint density at radius 3 is 2.25 bits per heavy atom. The van der Waals surface area contributed by atoms with Crippen molar-refractivity contribution in [3.05, 3.63) is 65.2 Å². The Kier molecular flexibility index (Phi) is 11.8. The minimum Gasteiger partial charge on any atom is -0.497 e. The number of ether oxygens (including phenoxy) is 3. The van der Waals surface area contributed by atoms with Gasteiger partial charge in [-0.3, -0.25) is 9.89 Å². The summed E-state index contributed by atoms with van der Waals surface area (Å²) in [5.74, 6) is 1.65. The molecule has 2 aromatic rings. The fraction of sp³-hybridized carbons (Fsp3) is 0.458. The van der Waals surface area contributed by atoms with E-state index in [0.29, 0.717) is 13.2 Å². The molecule has 0 bridgehead atoms. The Labute approximate surface area is 208 Å². The lowest BCUT2D eigenvalue weighted by Crippen LogP contribution is -2.46. The van der Waals surface area contributed by atoms with Crippen LogP contribution in [0.3, 0.4) is 0 Å². The molecule has 2 aromatic carbocycles. The zero-order valence-electron chi connectivity index (χ0n) is 19.2. The Bertz CT molecular complexity index is 809. The Balaban J connectivity index is 0.00000363. The van der Waals surface area contributed by atoms with Crippen molar-refractivity contribution in [1.82, 2.24) is 15.5 Å². The average molecular weight is 554 g/mol. The van der Waals surface area contributed by atoms with Crippen LogP contribution in [0, 0.1) is 0 Å². The SMILES string of the molecule is CN=C(NCc1ccc(COC)cc1)NCC(c1ccc(OC)cc1)N1CCOCC1.I. The van der Waals surface area contributed by atoms with Gasteiger partial charge in [-0.1, -0.05) is 36.4 Å². The van der Waals surface area contributed by atoms with Gasteiger partial charge in [-0.2, -0.15) is 0 Å². The molecule has 7 nitrogen and oxygen atoms in total. The monoisotopic (exact) mass is 554 g/mol. The maximum atomic E-state index is 5.55. The molecule has 1 heterocycles. The number of aliphatic imine (C=N–C) groups is 1. The topological polar surface area (TPSA) is 67.4 Å². The number of rotatable bonds is 9. The molecule has 2 N–H and O–H groups in total. The van der Waals surface area contributed by atoms with E-state index in [1.54, 1.807) is 21.3 Å². The van der Waals surface area contributed by atoms with Crippen LogP contribution in [0.25, 0.3) is 0 Å². The summed E-state index contributed by atoms with van der Waals surface area (Å²) in [6.45, 7) is 5.44. The lowest BCUT2D eigenvalue weighted by molar-refractivity contribution is 0.0170. The Morgan fingerprint density at radius 1 is 1.00 bits per heavy atom. The van der Waals surface area contributed by atoms with E-state index < -0.39 is 0 Å². The van der Waals surface area contributed by atoms with Gasteiger partial charge in [0.15, 0.2) is 5.96 Å². The molecule has 0 amide bonds. The van der Waals surface area contributed by atoms with Crippen LogP contribution in [0.1, 0.15) is 22.7 Å². The molecule has 0 radical (unpaired) electrons. The van der Waals surface area contributed by atoms with Crippen molar-refractivity contribution in [3.63, 3.8) is 0 Å². The summed E-state index contributed by atoms with van der Waals surface area (Å²) in [7, 11) is 5.20. The van der Waals surface area contributed by atoms with Crippen LogP contribution >= 0.6 is 24.0 Å². The second-order valence-corrected chi connectivity index (χ2v) is 7.49. The van der Waals surface area contributed by atoms with Gasteiger partial charge in [-0.25, -0.2) is 0 Å². The van der Waals surface area contributed by atoms with Crippen LogP contribution in [-0.4, -0.2) is 65.0 Å². The number of halogens is 1. The third-order valence-electron chi connectivity index (χ3n) is 5.47. The molecular weight excluding hydrogens is 519 g/mol. The molecule has 0 saturated carbocycles. The standard InChI is InChI=1S/C24H34N4O3.HI/c1-25-24(26-16-19-4-6-20(7-5-19)18-29-2)27-17-23(28-12-14-31-15-13-28)21-8-10-22(30-3)11-9-21;/h4-11,23H,12-18H2,1-3H3,(H2,25,26,27);1H. The molecule has 3 rings (SSSR count). The Morgan fingerprint density at radius 2 is 1.66 bits per heavy atom. The van der Waals surface area contributed by atoms with Crippen molar-refractivity contribution in [2.45, 2.75) is 19.2 Å². The number of hydrogen-bond acceptors (Lipinski definition) is 5. The maximum Gasteiger partial charge on any atom is 0.191 e. The third-order valence-corrected chi connectivity index (χ3v) is 5.47. The number of nitrogens with zero attached hydrogens (tertiary/aromatic N) is 2. The quantitative estimate of drug-likeness (QED) is 0.282. The molecule has 1 aliphatic heterocycles. The first-order valence-corrected chi connectivity index (χ1v) is 10.7. The van der Waals surface area contributed by atoms with E-state index in [1.807, 2.05) is 12.1 Å². The van der Waals surface area contributed by atoms with Crippen LogP contribution < -0.4 is 15.4 Å². The van der Waals surface area contributed by atoms with E-state index in [1.165, 1.54) is 16.7 Å². The summed E-state index contributed by atoms with van der Waals surface area (Å²) < 4.78 is 16.0. The highest BCUT2D eigenvalue weighted by Crippen LogP contribution is 2.23. The van der Waals surface area contributed by atoms with Gasteiger partial charge in [0.25, 0.3) is 0 Å². The molecule has 0 spiro atoms. The largest absolute Gasteiger partial charge is 0.497 e. The molecule has 1 fully saturated rings. The molecule has 1 saturated heterocycles. The van der Waals surface area contributed by atoms with Crippen LogP contribution in [0.2, 0.25) is 0 Å². The zero-order valence-corrected chi connectivity index (χ0v) is 21.5. The van der Waals surface area contributed by atoms with Gasteiger partial charge < -0.3 is 24.8 Å². The number of methoxy groups -OCH3 is 2. The van der Waals surface area contributed by atoms with Gasteiger partial charge in [-0.05, 0) is 28.8 Å².